The predicted molar refractivity (Wildman–Crippen MR) is 124 cm³/mol. The van der Waals surface area contributed by atoms with E-state index in [1.54, 1.807) is 0 Å². The Morgan fingerprint density at radius 3 is 2.59 bits per heavy atom. The molecule has 2 fully saturated rings. The zero-order valence-corrected chi connectivity index (χ0v) is 19.1. The van der Waals surface area contributed by atoms with E-state index in [1.165, 1.54) is 31.2 Å². The highest BCUT2D eigenvalue weighted by Gasteiger charge is 2.32. The Bertz CT molecular complexity index is 1020. The number of hydrogen-bond acceptors (Lipinski definition) is 4. The number of carbonyl (C=O) groups is 1. The second kappa shape index (κ2) is 9.18. The molecular formula is C26H34N4O2. The van der Waals surface area contributed by atoms with E-state index in [0.29, 0.717) is 18.3 Å². The van der Waals surface area contributed by atoms with Gasteiger partial charge >= 0.3 is 0 Å². The summed E-state index contributed by atoms with van der Waals surface area (Å²) in [6, 6.07) is 8.66. The molecule has 3 heterocycles. The summed E-state index contributed by atoms with van der Waals surface area (Å²) in [4.78, 5) is 38.7. The monoisotopic (exact) mass is 434 g/mol. The van der Waals surface area contributed by atoms with E-state index in [1.807, 2.05) is 17.0 Å². The van der Waals surface area contributed by atoms with Crippen LogP contribution in [0.4, 0.5) is 0 Å². The first-order chi connectivity index (χ1) is 15.6. The Labute approximate surface area is 190 Å². The van der Waals surface area contributed by atoms with Gasteiger partial charge in [-0.3, -0.25) is 14.5 Å². The maximum absolute atomic E-state index is 13.2. The molecule has 0 spiro atoms. The third-order valence-corrected chi connectivity index (χ3v) is 7.58. The molecule has 0 bridgehead atoms. The fourth-order valence-electron chi connectivity index (χ4n) is 5.71. The van der Waals surface area contributed by atoms with Gasteiger partial charge in [0.05, 0.1) is 18.2 Å². The van der Waals surface area contributed by atoms with Crippen molar-refractivity contribution in [3.05, 3.63) is 62.8 Å². The van der Waals surface area contributed by atoms with Crippen molar-refractivity contribution in [3.8, 4) is 0 Å². The van der Waals surface area contributed by atoms with Crippen LogP contribution in [0.5, 0.6) is 0 Å². The lowest BCUT2D eigenvalue weighted by Crippen LogP contribution is -2.43. The second-order valence-corrected chi connectivity index (χ2v) is 9.80. The van der Waals surface area contributed by atoms with Crippen molar-refractivity contribution in [3.63, 3.8) is 0 Å². The van der Waals surface area contributed by atoms with Crippen LogP contribution in [-0.4, -0.2) is 44.8 Å². The fourth-order valence-corrected chi connectivity index (χ4v) is 5.71. The average molecular weight is 435 g/mol. The van der Waals surface area contributed by atoms with Gasteiger partial charge in [0.1, 0.15) is 5.82 Å². The number of piperidine rings is 1. The van der Waals surface area contributed by atoms with Crippen LogP contribution in [0.2, 0.25) is 0 Å². The number of fused-ring (bicyclic) bond motifs is 1. The van der Waals surface area contributed by atoms with Crippen LogP contribution in [0.3, 0.4) is 0 Å². The number of benzene rings is 1. The first-order valence-electron chi connectivity index (χ1n) is 12.3. The van der Waals surface area contributed by atoms with Gasteiger partial charge < -0.3 is 9.88 Å². The van der Waals surface area contributed by atoms with E-state index in [4.69, 9.17) is 4.98 Å². The Morgan fingerprint density at radius 1 is 1.06 bits per heavy atom. The predicted octanol–water partition coefficient (Wildman–Crippen LogP) is 3.68. The Balaban J connectivity index is 1.38. The minimum atomic E-state index is -0.137. The van der Waals surface area contributed by atoms with Crippen LogP contribution in [0.15, 0.2) is 29.1 Å². The number of H-pyrrole nitrogens is 1. The molecule has 1 aromatic carbocycles. The fraction of sp³-hybridized carbons (Fsp3) is 0.577. The molecule has 1 amide bonds. The number of rotatable bonds is 4. The molecule has 1 N–H and O–H groups in total. The molecule has 6 heteroatoms. The van der Waals surface area contributed by atoms with Gasteiger partial charge in [0.25, 0.3) is 5.56 Å². The van der Waals surface area contributed by atoms with Crippen LogP contribution in [0.1, 0.15) is 79.2 Å². The molecule has 0 radical (unpaired) electrons. The van der Waals surface area contributed by atoms with Gasteiger partial charge in [-0.25, -0.2) is 4.98 Å². The summed E-state index contributed by atoms with van der Waals surface area (Å²) in [7, 11) is 0. The van der Waals surface area contributed by atoms with Gasteiger partial charge in [-0.15, -0.1) is 0 Å². The van der Waals surface area contributed by atoms with E-state index in [0.717, 1.165) is 62.1 Å². The maximum Gasteiger partial charge on any atom is 0.254 e. The third-order valence-electron chi connectivity index (χ3n) is 7.58. The number of carbonyl (C=O) groups excluding carboxylic acids is 1. The molecule has 1 unspecified atom stereocenters. The standard InChI is InChI=1S/C26H34N4O2/c1-18-9-11-19(12-10-18)16-24(31)30-14-5-4-8-23(30)25-27-22-17-29(20-6-2-3-7-20)15-13-21(22)26(32)28-25/h9-12,20,23H,2-8,13-17H2,1H3,(H,27,28,32). The van der Waals surface area contributed by atoms with Crippen molar-refractivity contribution < 1.29 is 4.79 Å². The minimum absolute atomic E-state index is 0.00687. The number of aromatic amines is 1. The number of aryl methyl sites for hydroxylation is 1. The zero-order valence-electron chi connectivity index (χ0n) is 19.1. The second-order valence-electron chi connectivity index (χ2n) is 9.80. The maximum atomic E-state index is 13.2. The smallest absolute Gasteiger partial charge is 0.254 e. The highest BCUT2D eigenvalue weighted by atomic mass is 16.2. The molecule has 1 saturated carbocycles. The largest absolute Gasteiger partial charge is 0.332 e. The van der Waals surface area contributed by atoms with Crippen LogP contribution < -0.4 is 5.56 Å². The van der Waals surface area contributed by atoms with E-state index in [2.05, 4.69) is 28.9 Å². The molecule has 3 aliphatic rings. The molecule has 1 saturated heterocycles. The first-order valence-corrected chi connectivity index (χ1v) is 12.3. The van der Waals surface area contributed by atoms with Crippen LogP contribution in [0.25, 0.3) is 0 Å². The quantitative estimate of drug-likeness (QED) is 0.797. The van der Waals surface area contributed by atoms with E-state index in [-0.39, 0.29) is 17.5 Å². The van der Waals surface area contributed by atoms with Gasteiger partial charge in [-0.1, -0.05) is 42.7 Å². The molecule has 5 rings (SSSR count). The zero-order chi connectivity index (χ0) is 22.1. The topological polar surface area (TPSA) is 69.3 Å². The lowest BCUT2D eigenvalue weighted by atomic mass is 9.98. The Kier molecular flexibility index (Phi) is 6.13. The summed E-state index contributed by atoms with van der Waals surface area (Å²) in [5, 5.41) is 0. The number of likely N-dealkylation sites (tertiary alicyclic amines) is 1. The Morgan fingerprint density at radius 2 is 1.81 bits per heavy atom. The molecule has 6 nitrogen and oxygen atoms in total. The third kappa shape index (κ3) is 4.38. The lowest BCUT2D eigenvalue weighted by Gasteiger charge is -2.36. The van der Waals surface area contributed by atoms with Gasteiger partial charge in [-0.2, -0.15) is 0 Å². The first kappa shape index (κ1) is 21.4. The van der Waals surface area contributed by atoms with Crippen molar-refractivity contribution in [2.24, 2.45) is 0 Å². The van der Waals surface area contributed by atoms with Crippen molar-refractivity contribution >= 4 is 5.91 Å². The highest BCUT2D eigenvalue weighted by Crippen LogP contribution is 2.31. The van der Waals surface area contributed by atoms with Crippen LogP contribution in [0, 0.1) is 6.92 Å². The lowest BCUT2D eigenvalue weighted by molar-refractivity contribution is -0.134. The van der Waals surface area contributed by atoms with Crippen molar-refractivity contribution in [2.75, 3.05) is 13.1 Å². The molecule has 2 aromatic rings. The van der Waals surface area contributed by atoms with Crippen molar-refractivity contribution in [1.82, 2.24) is 19.8 Å². The normalized spacial score (nSPS) is 22.2. The number of nitrogens with zero attached hydrogens (tertiary/aromatic N) is 3. The van der Waals surface area contributed by atoms with Crippen LogP contribution in [-0.2, 0) is 24.2 Å². The number of nitrogens with one attached hydrogen (secondary N) is 1. The minimum Gasteiger partial charge on any atom is -0.332 e. The van der Waals surface area contributed by atoms with Crippen molar-refractivity contribution in [2.45, 2.75) is 83.3 Å². The number of amides is 1. The summed E-state index contributed by atoms with van der Waals surface area (Å²) in [6.07, 6.45) is 9.20. The molecule has 1 aliphatic carbocycles. The summed E-state index contributed by atoms with van der Waals surface area (Å²) >= 11 is 0. The van der Waals surface area contributed by atoms with E-state index < -0.39 is 0 Å². The summed E-state index contributed by atoms with van der Waals surface area (Å²) in [6.45, 7) is 4.50. The SMILES string of the molecule is Cc1ccc(CC(=O)N2CCCCC2c2nc3c(c(=O)[nH]2)CCN(C2CCCC2)C3)cc1. The molecular weight excluding hydrogens is 400 g/mol. The number of aromatic nitrogens is 2. The number of hydrogen-bond donors (Lipinski definition) is 1. The highest BCUT2D eigenvalue weighted by molar-refractivity contribution is 5.79. The van der Waals surface area contributed by atoms with Crippen molar-refractivity contribution in [1.29, 1.82) is 0 Å². The molecule has 32 heavy (non-hydrogen) atoms. The summed E-state index contributed by atoms with van der Waals surface area (Å²) in [5.74, 6) is 0.797. The van der Waals surface area contributed by atoms with Gasteiger partial charge in [0.2, 0.25) is 5.91 Å². The van der Waals surface area contributed by atoms with Crippen LogP contribution >= 0.6 is 0 Å². The summed E-state index contributed by atoms with van der Waals surface area (Å²) < 4.78 is 0. The van der Waals surface area contributed by atoms with Gasteiger partial charge in [0, 0.05) is 31.2 Å². The van der Waals surface area contributed by atoms with Gasteiger partial charge in [-0.05, 0) is 51.0 Å². The molecule has 1 aromatic heterocycles. The van der Waals surface area contributed by atoms with E-state index in [9.17, 15) is 9.59 Å². The molecule has 170 valence electrons. The van der Waals surface area contributed by atoms with Gasteiger partial charge in [0.15, 0.2) is 0 Å². The summed E-state index contributed by atoms with van der Waals surface area (Å²) in [5.41, 5.74) is 3.99. The molecule has 2 aliphatic heterocycles. The van der Waals surface area contributed by atoms with E-state index >= 15 is 0 Å². The average Bonchev–Trinajstić information content (AvgIpc) is 3.35. The Hall–Kier alpha value is -2.47. The molecule has 1 atom stereocenters.